The molecule has 0 radical (unpaired) electrons. The van der Waals surface area contributed by atoms with Crippen LogP contribution in [0.2, 0.25) is 0 Å². The highest BCUT2D eigenvalue weighted by Crippen LogP contribution is 2.15. The van der Waals surface area contributed by atoms with Crippen LogP contribution in [0, 0.1) is 0 Å². The average molecular weight is 214 g/mol. The Morgan fingerprint density at radius 3 is 2.13 bits per heavy atom. The fourth-order valence-corrected chi connectivity index (χ4v) is 1.92. The molecule has 0 aliphatic heterocycles. The molecule has 0 saturated carbocycles. The Morgan fingerprint density at radius 2 is 1.40 bits per heavy atom. The number of hydrogen-bond donors (Lipinski definition) is 1. The van der Waals surface area contributed by atoms with Gasteiger partial charge in [-0.15, -0.1) is 12.6 Å². The molecule has 0 heterocycles. The molecule has 2 aromatic rings. The second-order valence-corrected chi connectivity index (χ2v) is 4.10. The molecule has 0 aliphatic carbocycles. The fraction of sp³-hybridized carbons (Fsp3) is 0.143. The molecule has 0 aromatic heterocycles. The number of thiol groups is 1. The van der Waals surface area contributed by atoms with Gasteiger partial charge in [-0.05, 0) is 30.0 Å². The van der Waals surface area contributed by atoms with E-state index in [1.54, 1.807) is 0 Å². The van der Waals surface area contributed by atoms with Crippen molar-refractivity contribution in [1.29, 1.82) is 0 Å². The Bertz CT molecular complexity index is 420. The SMILES string of the molecule is Sc1ccccc1CCc1ccccc1. The fourth-order valence-electron chi connectivity index (χ4n) is 1.65. The maximum Gasteiger partial charge on any atom is 0.00721 e. The van der Waals surface area contributed by atoms with Crippen LogP contribution in [0.25, 0.3) is 0 Å². The molecular weight excluding hydrogens is 200 g/mol. The summed E-state index contributed by atoms with van der Waals surface area (Å²) in [7, 11) is 0. The van der Waals surface area contributed by atoms with Gasteiger partial charge in [-0.1, -0.05) is 48.5 Å². The van der Waals surface area contributed by atoms with Crippen LogP contribution >= 0.6 is 12.6 Å². The zero-order valence-corrected chi connectivity index (χ0v) is 9.45. The number of benzene rings is 2. The first-order valence-electron chi connectivity index (χ1n) is 5.17. The van der Waals surface area contributed by atoms with Crippen molar-refractivity contribution in [2.45, 2.75) is 17.7 Å². The van der Waals surface area contributed by atoms with Crippen LogP contribution in [0.5, 0.6) is 0 Å². The van der Waals surface area contributed by atoms with Crippen LogP contribution in [-0.4, -0.2) is 0 Å². The molecule has 0 N–H and O–H groups in total. The van der Waals surface area contributed by atoms with E-state index in [9.17, 15) is 0 Å². The summed E-state index contributed by atoms with van der Waals surface area (Å²) in [6, 6.07) is 18.8. The molecule has 15 heavy (non-hydrogen) atoms. The molecule has 2 aromatic carbocycles. The Labute approximate surface area is 96.4 Å². The largest absolute Gasteiger partial charge is 0.143 e. The van der Waals surface area contributed by atoms with Crippen LogP contribution in [0.4, 0.5) is 0 Å². The van der Waals surface area contributed by atoms with Crippen molar-refractivity contribution in [3.05, 3.63) is 65.7 Å². The van der Waals surface area contributed by atoms with Crippen LogP contribution in [0.3, 0.4) is 0 Å². The molecule has 0 nitrogen and oxygen atoms in total. The van der Waals surface area contributed by atoms with Crippen molar-refractivity contribution in [2.75, 3.05) is 0 Å². The van der Waals surface area contributed by atoms with E-state index in [2.05, 4.69) is 55.1 Å². The van der Waals surface area contributed by atoms with Gasteiger partial charge >= 0.3 is 0 Å². The average Bonchev–Trinajstić information content (AvgIpc) is 2.29. The second-order valence-electron chi connectivity index (χ2n) is 3.61. The van der Waals surface area contributed by atoms with E-state index >= 15 is 0 Å². The van der Waals surface area contributed by atoms with Crippen molar-refractivity contribution in [3.63, 3.8) is 0 Å². The van der Waals surface area contributed by atoms with Crippen molar-refractivity contribution < 1.29 is 0 Å². The third-order valence-corrected chi connectivity index (χ3v) is 2.95. The lowest BCUT2D eigenvalue weighted by atomic mass is 10.0. The van der Waals surface area contributed by atoms with Crippen LogP contribution in [0.15, 0.2) is 59.5 Å². The first-order valence-corrected chi connectivity index (χ1v) is 5.62. The predicted octanol–water partition coefficient (Wildman–Crippen LogP) is 3.76. The van der Waals surface area contributed by atoms with Gasteiger partial charge in [0.05, 0.1) is 0 Å². The lowest BCUT2D eigenvalue weighted by molar-refractivity contribution is 0.936. The summed E-state index contributed by atoms with van der Waals surface area (Å²) < 4.78 is 0. The summed E-state index contributed by atoms with van der Waals surface area (Å²) in [6.07, 6.45) is 2.14. The zero-order chi connectivity index (χ0) is 10.5. The topological polar surface area (TPSA) is 0 Å². The summed E-state index contributed by atoms with van der Waals surface area (Å²) in [5, 5.41) is 0. The summed E-state index contributed by atoms with van der Waals surface area (Å²) in [5.41, 5.74) is 2.71. The van der Waals surface area contributed by atoms with Gasteiger partial charge in [-0.2, -0.15) is 0 Å². The smallest absolute Gasteiger partial charge is 0.00721 e. The summed E-state index contributed by atoms with van der Waals surface area (Å²) in [6.45, 7) is 0. The van der Waals surface area contributed by atoms with Gasteiger partial charge in [0.2, 0.25) is 0 Å². The quantitative estimate of drug-likeness (QED) is 0.739. The van der Waals surface area contributed by atoms with Crippen LogP contribution < -0.4 is 0 Å². The third kappa shape index (κ3) is 2.87. The Balaban J connectivity index is 2.03. The molecule has 0 atom stereocenters. The maximum absolute atomic E-state index is 4.44. The Hall–Kier alpha value is -1.21. The summed E-state index contributed by atoms with van der Waals surface area (Å²) in [4.78, 5) is 1.09. The van der Waals surface area contributed by atoms with E-state index in [-0.39, 0.29) is 0 Å². The lowest BCUT2D eigenvalue weighted by Crippen LogP contribution is -1.91. The highest BCUT2D eigenvalue weighted by molar-refractivity contribution is 7.80. The predicted molar refractivity (Wildman–Crippen MR) is 67.5 cm³/mol. The van der Waals surface area contributed by atoms with Gasteiger partial charge in [0.25, 0.3) is 0 Å². The standard InChI is InChI=1S/C14H14S/c15-14-9-5-4-8-13(14)11-10-12-6-2-1-3-7-12/h1-9,15H,10-11H2. The molecule has 0 amide bonds. The van der Waals surface area contributed by atoms with Crippen molar-refractivity contribution in [3.8, 4) is 0 Å². The highest BCUT2D eigenvalue weighted by atomic mass is 32.1. The minimum Gasteiger partial charge on any atom is -0.143 e. The number of hydrogen-bond acceptors (Lipinski definition) is 1. The minimum atomic E-state index is 1.06. The van der Waals surface area contributed by atoms with E-state index in [0.717, 1.165) is 17.7 Å². The van der Waals surface area contributed by atoms with Crippen molar-refractivity contribution in [2.24, 2.45) is 0 Å². The normalized spacial score (nSPS) is 10.2. The van der Waals surface area contributed by atoms with E-state index in [4.69, 9.17) is 0 Å². The van der Waals surface area contributed by atoms with Gasteiger partial charge < -0.3 is 0 Å². The van der Waals surface area contributed by atoms with Crippen molar-refractivity contribution in [1.82, 2.24) is 0 Å². The lowest BCUT2D eigenvalue weighted by Gasteiger charge is -2.04. The van der Waals surface area contributed by atoms with Gasteiger partial charge in [0.1, 0.15) is 0 Å². The summed E-state index contributed by atoms with van der Waals surface area (Å²) >= 11 is 4.44. The van der Waals surface area contributed by atoms with Crippen LogP contribution in [-0.2, 0) is 12.8 Å². The second kappa shape index (κ2) is 5.04. The molecule has 0 unspecified atom stereocenters. The zero-order valence-electron chi connectivity index (χ0n) is 8.56. The number of rotatable bonds is 3. The molecule has 76 valence electrons. The highest BCUT2D eigenvalue weighted by Gasteiger charge is 1.98. The van der Waals surface area contributed by atoms with E-state index in [1.807, 2.05) is 12.1 Å². The summed E-state index contributed by atoms with van der Waals surface area (Å²) in [5.74, 6) is 0. The maximum atomic E-state index is 4.44. The van der Waals surface area contributed by atoms with Gasteiger partial charge in [0.15, 0.2) is 0 Å². The van der Waals surface area contributed by atoms with Gasteiger partial charge in [-0.25, -0.2) is 0 Å². The Kier molecular flexibility index (Phi) is 3.46. The molecule has 0 bridgehead atoms. The van der Waals surface area contributed by atoms with Gasteiger partial charge in [0, 0.05) is 4.90 Å². The first-order chi connectivity index (χ1) is 7.36. The first kappa shape index (κ1) is 10.3. The third-order valence-electron chi connectivity index (χ3n) is 2.52. The Morgan fingerprint density at radius 1 is 0.733 bits per heavy atom. The van der Waals surface area contributed by atoms with Gasteiger partial charge in [-0.3, -0.25) is 0 Å². The van der Waals surface area contributed by atoms with E-state index < -0.39 is 0 Å². The monoisotopic (exact) mass is 214 g/mol. The van der Waals surface area contributed by atoms with E-state index in [0.29, 0.717) is 0 Å². The molecule has 0 saturated heterocycles. The number of aryl methyl sites for hydroxylation is 2. The molecule has 0 spiro atoms. The van der Waals surface area contributed by atoms with Crippen molar-refractivity contribution >= 4 is 12.6 Å². The molecular formula is C14H14S. The molecule has 2 rings (SSSR count). The minimum absolute atomic E-state index is 1.06. The van der Waals surface area contributed by atoms with E-state index in [1.165, 1.54) is 11.1 Å². The molecule has 0 fully saturated rings. The molecule has 1 heteroatoms. The molecule has 0 aliphatic rings. The van der Waals surface area contributed by atoms with Crippen LogP contribution in [0.1, 0.15) is 11.1 Å².